The molecule has 0 saturated heterocycles. The van der Waals surface area contributed by atoms with Gasteiger partial charge in [-0.1, -0.05) is 22.0 Å². The lowest BCUT2D eigenvalue weighted by atomic mass is 10.2. The molecule has 2 aromatic carbocycles. The average Bonchev–Trinajstić information content (AvgIpc) is 2.54. The van der Waals surface area contributed by atoms with Crippen molar-refractivity contribution in [1.29, 1.82) is 0 Å². The predicted molar refractivity (Wildman–Crippen MR) is 95.6 cm³/mol. The van der Waals surface area contributed by atoms with Crippen LogP contribution in [0.2, 0.25) is 0 Å². The van der Waals surface area contributed by atoms with Gasteiger partial charge in [0.25, 0.3) is 5.91 Å². The summed E-state index contributed by atoms with van der Waals surface area (Å²) in [5, 5.41) is 5.63. The third kappa shape index (κ3) is 4.87. The molecule has 0 aromatic heterocycles. The first kappa shape index (κ1) is 17.1. The van der Waals surface area contributed by atoms with E-state index in [0.29, 0.717) is 16.8 Å². The molecule has 0 saturated carbocycles. The van der Waals surface area contributed by atoms with Crippen molar-refractivity contribution in [3.8, 4) is 0 Å². The lowest BCUT2D eigenvalue weighted by Gasteiger charge is -2.10. The molecule has 0 bridgehead atoms. The van der Waals surface area contributed by atoms with Gasteiger partial charge in [0, 0.05) is 15.7 Å². The summed E-state index contributed by atoms with van der Waals surface area (Å²) >= 11 is 8.41. The van der Waals surface area contributed by atoms with E-state index in [-0.39, 0.29) is 11.0 Å². The molecule has 7 heteroatoms. The monoisotopic (exact) mass is 392 g/mol. The number of anilines is 1. The fraction of sp³-hybridized carbons (Fsp3) is 0.0625. The highest BCUT2D eigenvalue weighted by atomic mass is 79.9. The minimum atomic E-state index is -0.415. The van der Waals surface area contributed by atoms with Gasteiger partial charge in [0.15, 0.2) is 5.11 Å². The Morgan fingerprint density at radius 1 is 1.09 bits per heavy atom. The molecule has 0 radical (unpaired) electrons. The molecular formula is C16H13BrN2O3S. The largest absolute Gasteiger partial charge is 0.465 e. The number of nitrogens with one attached hydrogen (secondary N) is 2. The molecule has 0 fully saturated rings. The molecule has 0 aliphatic rings. The summed E-state index contributed by atoms with van der Waals surface area (Å²) in [6.07, 6.45) is 0. The maximum absolute atomic E-state index is 12.1. The molecule has 2 aromatic rings. The number of esters is 1. The Hall–Kier alpha value is -2.25. The summed E-state index contributed by atoms with van der Waals surface area (Å²) in [6, 6.07) is 13.5. The quantitative estimate of drug-likeness (QED) is 0.619. The molecular weight excluding hydrogens is 380 g/mol. The summed E-state index contributed by atoms with van der Waals surface area (Å²) in [4.78, 5) is 23.4. The molecule has 0 aliphatic heterocycles. The number of carbonyl (C=O) groups excluding carboxylic acids is 2. The van der Waals surface area contributed by atoms with Crippen LogP contribution in [0.3, 0.4) is 0 Å². The summed E-state index contributed by atoms with van der Waals surface area (Å²) in [5.41, 5.74) is 1.57. The molecule has 23 heavy (non-hydrogen) atoms. The Morgan fingerprint density at radius 2 is 1.78 bits per heavy atom. The van der Waals surface area contributed by atoms with Crippen LogP contribution in [-0.4, -0.2) is 24.1 Å². The van der Waals surface area contributed by atoms with Crippen molar-refractivity contribution in [3.05, 3.63) is 64.1 Å². The number of rotatable bonds is 3. The fourth-order valence-electron chi connectivity index (χ4n) is 1.77. The van der Waals surface area contributed by atoms with Crippen molar-refractivity contribution in [1.82, 2.24) is 5.32 Å². The lowest BCUT2D eigenvalue weighted by molar-refractivity contribution is 0.0600. The second-order valence-corrected chi connectivity index (χ2v) is 5.81. The van der Waals surface area contributed by atoms with Gasteiger partial charge in [-0.3, -0.25) is 10.1 Å². The third-order valence-electron chi connectivity index (χ3n) is 2.88. The second kappa shape index (κ2) is 7.85. The van der Waals surface area contributed by atoms with Crippen LogP contribution in [0.25, 0.3) is 0 Å². The zero-order chi connectivity index (χ0) is 16.8. The van der Waals surface area contributed by atoms with Crippen LogP contribution in [0.1, 0.15) is 20.7 Å². The van der Waals surface area contributed by atoms with Crippen LogP contribution in [-0.2, 0) is 4.74 Å². The van der Waals surface area contributed by atoms with E-state index in [1.807, 2.05) is 6.07 Å². The first-order valence-electron chi connectivity index (χ1n) is 6.56. The number of methoxy groups -OCH3 is 1. The van der Waals surface area contributed by atoms with Gasteiger partial charge in [0.2, 0.25) is 0 Å². The number of ether oxygens (including phenoxy) is 1. The van der Waals surface area contributed by atoms with E-state index in [9.17, 15) is 9.59 Å². The van der Waals surface area contributed by atoms with Gasteiger partial charge in [-0.15, -0.1) is 0 Å². The van der Waals surface area contributed by atoms with E-state index in [4.69, 9.17) is 12.2 Å². The molecule has 0 unspecified atom stereocenters. The van der Waals surface area contributed by atoms with Crippen molar-refractivity contribution >= 4 is 50.8 Å². The van der Waals surface area contributed by atoms with Crippen LogP contribution < -0.4 is 10.6 Å². The van der Waals surface area contributed by atoms with E-state index >= 15 is 0 Å². The van der Waals surface area contributed by atoms with Gasteiger partial charge < -0.3 is 10.1 Å². The maximum atomic E-state index is 12.1. The topological polar surface area (TPSA) is 67.4 Å². The molecule has 2 N–H and O–H groups in total. The predicted octanol–water partition coefficient (Wildman–Crippen LogP) is 3.36. The zero-order valence-corrected chi connectivity index (χ0v) is 14.5. The van der Waals surface area contributed by atoms with Crippen molar-refractivity contribution in [3.63, 3.8) is 0 Å². The Labute approximate surface area is 147 Å². The molecule has 0 spiro atoms. The molecule has 1 amide bonds. The van der Waals surface area contributed by atoms with Crippen LogP contribution in [0.4, 0.5) is 5.69 Å². The van der Waals surface area contributed by atoms with Gasteiger partial charge in [0.05, 0.1) is 12.7 Å². The van der Waals surface area contributed by atoms with Crippen LogP contribution in [0.5, 0.6) is 0 Å². The summed E-state index contributed by atoms with van der Waals surface area (Å²) in [7, 11) is 1.32. The number of halogens is 1. The highest BCUT2D eigenvalue weighted by Gasteiger charge is 2.09. The van der Waals surface area contributed by atoms with Gasteiger partial charge in [0.1, 0.15) is 0 Å². The summed E-state index contributed by atoms with van der Waals surface area (Å²) < 4.78 is 5.43. The molecule has 118 valence electrons. The number of benzene rings is 2. The normalized spacial score (nSPS) is 9.83. The Kier molecular flexibility index (Phi) is 5.84. The highest BCUT2D eigenvalue weighted by Crippen LogP contribution is 2.12. The molecule has 2 rings (SSSR count). The van der Waals surface area contributed by atoms with E-state index in [0.717, 1.165) is 4.47 Å². The fourth-order valence-corrected chi connectivity index (χ4v) is 2.38. The van der Waals surface area contributed by atoms with Gasteiger partial charge in [-0.25, -0.2) is 4.79 Å². The maximum Gasteiger partial charge on any atom is 0.337 e. The van der Waals surface area contributed by atoms with Gasteiger partial charge in [-0.05, 0) is 54.7 Å². The minimum Gasteiger partial charge on any atom is -0.465 e. The Balaban J connectivity index is 1.97. The Bertz CT molecular complexity index is 747. The standard InChI is InChI=1S/C16H13BrN2O3S/c1-22-15(21)10-5-7-13(8-6-10)18-16(23)19-14(20)11-3-2-4-12(17)9-11/h2-9H,1H3,(H2,18,19,20,23). The van der Waals surface area contributed by atoms with Gasteiger partial charge >= 0.3 is 5.97 Å². The second-order valence-electron chi connectivity index (χ2n) is 4.49. The highest BCUT2D eigenvalue weighted by molar-refractivity contribution is 9.10. The number of thiocarbonyl (C=S) groups is 1. The Morgan fingerprint density at radius 3 is 2.39 bits per heavy atom. The molecule has 0 heterocycles. The van der Waals surface area contributed by atoms with E-state index in [2.05, 4.69) is 31.3 Å². The average molecular weight is 393 g/mol. The van der Waals surface area contributed by atoms with Gasteiger partial charge in [-0.2, -0.15) is 0 Å². The first-order chi connectivity index (χ1) is 11.0. The first-order valence-corrected chi connectivity index (χ1v) is 7.76. The van der Waals surface area contributed by atoms with Crippen LogP contribution >= 0.6 is 28.1 Å². The number of amides is 1. The van der Waals surface area contributed by atoms with Crippen LogP contribution in [0.15, 0.2) is 53.0 Å². The van der Waals surface area contributed by atoms with E-state index < -0.39 is 5.97 Å². The van der Waals surface area contributed by atoms with Crippen molar-refractivity contribution in [2.45, 2.75) is 0 Å². The smallest absolute Gasteiger partial charge is 0.337 e. The number of carbonyl (C=O) groups is 2. The number of hydrogen-bond acceptors (Lipinski definition) is 4. The summed E-state index contributed by atoms with van der Waals surface area (Å²) in [5.74, 6) is -0.725. The van der Waals surface area contributed by atoms with Crippen molar-refractivity contribution in [2.75, 3.05) is 12.4 Å². The van der Waals surface area contributed by atoms with E-state index in [1.165, 1.54) is 7.11 Å². The number of hydrogen-bond donors (Lipinski definition) is 2. The molecule has 0 atom stereocenters. The van der Waals surface area contributed by atoms with Crippen molar-refractivity contribution < 1.29 is 14.3 Å². The van der Waals surface area contributed by atoms with Crippen LogP contribution in [0, 0.1) is 0 Å². The zero-order valence-electron chi connectivity index (χ0n) is 12.1. The molecule has 0 aliphatic carbocycles. The third-order valence-corrected chi connectivity index (χ3v) is 3.58. The SMILES string of the molecule is COC(=O)c1ccc(NC(=S)NC(=O)c2cccc(Br)c2)cc1. The van der Waals surface area contributed by atoms with Crippen molar-refractivity contribution in [2.24, 2.45) is 0 Å². The minimum absolute atomic E-state index is 0.167. The van der Waals surface area contributed by atoms with E-state index in [1.54, 1.807) is 42.5 Å². The molecule has 5 nitrogen and oxygen atoms in total. The summed E-state index contributed by atoms with van der Waals surface area (Å²) in [6.45, 7) is 0. The lowest BCUT2D eigenvalue weighted by Crippen LogP contribution is -2.34.